The second-order valence-electron chi connectivity index (χ2n) is 8.40. The average Bonchev–Trinajstić information content (AvgIpc) is 2.87. The molecular weight excluding hydrogens is 498 g/mol. The monoisotopic (exact) mass is 529 g/mol. The summed E-state index contributed by atoms with van der Waals surface area (Å²) in [6.45, 7) is 4.77. The molecule has 1 unspecified atom stereocenters. The summed E-state index contributed by atoms with van der Waals surface area (Å²) in [5.74, 6) is -0.830. The maximum Gasteiger partial charge on any atom is 0.338 e. The van der Waals surface area contributed by atoms with Crippen molar-refractivity contribution in [2.75, 3.05) is 18.5 Å². The molecule has 0 spiro atoms. The van der Waals surface area contributed by atoms with Crippen molar-refractivity contribution >= 4 is 57.7 Å². The number of unbranched alkanes of at least 4 members (excludes halogenated alkanes) is 4. The lowest BCUT2D eigenvalue weighted by Crippen LogP contribution is -2.45. The van der Waals surface area contributed by atoms with E-state index in [1.807, 2.05) is 0 Å². The molecule has 1 heterocycles. The summed E-state index contributed by atoms with van der Waals surface area (Å²) in [5.41, 5.74) is 1.52. The summed E-state index contributed by atoms with van der Waals surface area (Å²) in [6, 6.07) is 13.7. The zero-order valence-electron chi connectivity index (χ0n) is 20.7. The lowest BCUT2D eigenvalue weighted by molar-refractivity contribution is -0.129. The predicted octanol–water partition coefficient (Wildman–Crippen LogP) is 6.45. The SMILES string of the molecule is CCCCCCCN1C(=O)CC(C(=O)Nc2ccccc2Cl)SC1=Nc1ccc(C(=O)OCC)cc1. The number of anilines is 1. The first kappa shape index (κ1) is 27.7. The number of amides is 2. The third-order valence-corrected chi connectivity index (χ3v) is 7.17. The minimum atomic E-state index is -0.636. The van der Waals surface area contributed by atoms with Crippen LogP contribution in [0.1, 0.15) is 62.7 Å². The lowest BCUT2D eigenvalue weighted by Gasteiger charge is -2.32. The van der Waals surface area contributed by atoms with Gasteiger partial charge in [0.1, 0.15) is 5.25 Å². The molecule has 1 aliphatic rings. The van der Waals surface area contributed by atoms with E-state index in [0.717, 1.165) is 25.7 Å². The fourth-order valence-corrected chi connectivity index (χ4v) is 5.02. The summed E-state index contributed by atoms with van der Waals surface area (Å²) in [4.78, 5) is 44.5. The first-order valence-electron chi connectivity index (χ1n) is 12.3. The van der Waals surface area contributed by atoms with Gasteiger partial charge in [0.2, 0.25) is 11.8 Å². The van der Waals surface area contributed by atoms with Gasteiger partial charge in [-0.2, -0.15) is 0 Å². The maximum absolute atomic E-state index is 13.1. The Morgan fingerprint density at radius 1 is 1.08 bits per heavy atom. The second-order valence-corrected chi connectivity index (χ2v) is 9.98. The van der Waals surface area contributed by atoms with E-state index in [-0.39, 0.29) is 18.2 Å². The van der Waals surface area contributed by atoms with Gasteiger partial charge in [-0.05, 0) is 49.7 Å². The van der Waals surface area contributed by atoms with Crippen LogP contribution in [0, 0.1) is 0 Å². The van der Waals surface area contributed by atoms with E-state index in [1.165, 1.54) is 18.2 Å². The summed E-state index contributed by atoms with van der Waals surface area (Å²) < 4.78 is 5.03. The van der Waals surface area contributed by atoms with Gasteiger partial charge in [-0.15, -0.1) is 0 Å². The van der Waals surface area contributed by atoms with Crippen LogP contribution >= 0.6 is 23.4 Å². The van der Waals surface area contributed by atoms with Crippen LogP contribution in [0.3, 0.4) is 0 Å². The molecule has 1 N–H and O–H groups in total. The number of ether oxygens (including phenoxy) is 1. The Hall–Kier alpha value is -2.84. The highest BCUT2D eigenvalue weighted by molar-refractivity contribution is 8.15. The highest BCUT2D eigenvalue weighted by Gasteiger charge is 2.35. The fourth-order valence-electron chi connectivity index (χ4n) is 3.71. The smallest absolute Gasteiger partial charge is 0.338 e. The van der Waals surface area contributed by atoms with Gasteiger partial charge in [-0.3, -0.25) is 14.5 Å². The van der Waals surface area contributed by atoms with Crippen molar-refractivity contribution in [3.05, 3.63) is 59.1 Å². The molecule has 0 radical (unpaired) electrons. The minimum Gasteiger partial charge on any atom is -0.462 e. The molecule has 7 nitrogen and oxygen atoms in total. The van der Waals surface area contributed by atoms with E-state index in [9.17, 15) is 14.4 Å². The average molecular weight is 530 g/mol. The van der Waals surface area contributed by atoms with Crippen molar-refractivity contribution in [3.8, 4) is 0 Å². The molecule has 0 saturated carbocycles. The molecule has 1 aliphatic heterocycles. The first-order chi connectivity index (χ1) is 17.4. The number of carbonyl (C=O) groups is 3. The molecule has 2 aromatic carbocycles. The number of nitrogens with zero attached hydrogens (tertiary/aromatic N) is 2. The van der Waals surface area contributed by atoms with Gasteiger partial charge in [-0.25, -0.2) is 9.79 Å². The molecule has 9 heteroatoms. The van der Waals surface area contributed by atoms with Gasteiger partial charge in [0, 0.05) is 13.0 Å². The highest BCUT2D eigenvalue weighted by atomic mass is 35.5. The van der Waals surface area contributed by atoms with Crippen LogP contribution < -0.4 is 5.32 Å². The van der Waals surface area contributed by atoms with Crippen LogP contribution in [0.5, 0.6) is 0 Å². The van der Waals surface area contributed by atoms with E-state index in [4.69, 9.17) is 21.3 Å². The second kappa shape index (κ2) is 14.0. The van der Waals surface area contributed by atoms with Crippen molar-refractivity contribution in [3.63, 3.8) is 0 Å². The zero-order chi connectivity index (χ0) is 25.9. The van der Waals surface area contributed by atoms with Gasteiger partial charge < -0.3 is 10.1 Å². The molecule has 0 aromatic heterocycles. The van der Waals surface area contributed by atoms with Crippen molar-refractivity contribution < 1.29 is 19.1 Å². The quantitative estimate of drug-likeness (QED) is 0.267. The first-order valence-corrected chi connectivity index (χ1v) is 13.6. The number of hydrogen-bond donors (Lipinski definition) is 1. The largest absolute Gasteiger partial charge is 0.462 e. The van der Waals surface area contributed by atoms with E-state index in [0.29, 0.717) is 40.3 Å². The molecule has 0 aliphatic carbocycles. The number of carbonyl (C=O) groups excluding carboxylic acids is 3. The van der Waals surface area contributed by atoms with Crippen LogP contribution in [-0.4, -0.2) is 46.3 Å². The van der Waals surface area contributed by atoms with Crippen molar-refractivity contribution in [1.82, 2.24) is 4.90 Å². The Kier molecular flexibility index (Phi) is 10.8. The van der Waals surface area contributed by atoms with E-state index in [1.54, 1.807) is 60.4 Å². The number of thioether (sulfide) groups is 1. The highest BCUT2D eigenvalue weighted by Crippen LogP contribution is 2.31. The van der Waals surface area contributed by atoms with Crippen molar-refractivity contribution in [2.24, 2.45) is 4.99 Å². The molecule has 1 atom stereocenters. The minimum absolute atomic E-state index is 0.0801. The third-order valence-electron chi connectivity index (χ3n) is 5.65. The third kappa shape index (κ3) is 7.83. The molecule has 192 valence electrons. The fraction of sp³-hybridized carbons (Fsp3) is 0.407. The Labute approximate surface area is 221 Å². The number of para-hydroxylation sites is 1. The number of benzene rings is 2. The number of aliphatic imine (C=N–C) groups is 1. The molecule has 3 rings (SSSR count). The number of halogens is 1. The summed E-state index contributed by atoms with van der Waals surface area (Å²) in [7, 11) is 0. The van der Waals surface area contributed by atoms with Crippen molar-refractivity contribution in [2.45, 2.75) is 57.6 Å². The summed E-state index contributed by atoms with van der Waals surface area (Å²) >= 11 is 7.46. The number of nitrogens with one attached hydrogen (secondary N) is 1. The lowest BCUT2D eigenvalue weighted by atomic mass is 10.1. The standard InChI is InChI=1S/C27H32ClN3O4S/c1-3-5-6-7-10-17-31-24(32)18-23(25(33)30-22-12-9-8-11-21(22)28)36-27(31)29-20-15-13-19(14-16-20)26(34)35-4-2/h8-9,11-16,23H,3-7,10,17-18H2,1-2H3,(H,30,33). The van der Waals surface area contributed by atoms with E-state index >= 15 is 0 Å². The molecule has 0 bridgehead atoms. The maximum atomic E-state index is 13.1. The topological polar surface area (TPSA) is 88.1 Å². The summed E-state index contributed by atoms with van der Waals surface area (Å²) in [5, 5.41) is 3.10. The Morgan fingerprint density at radius 2 is 1.81 bits per heavy atom. The number of hydrogen-bond acceptors (Lipinski definition) is 6. The van der Waals surface area contributed by atoms with E-state index < -0.39 is 11.2 Å². The number of amidine groups is 1. The Balaban J connectivity index is 1.79. The number of rotatable bonds is 11. The van der Waals surface area contributed by atoms with Crippen LogP contribution in [0.4, 0.5) is 11.4 Å². The van der Waals surface area contributed by atoms with Gasteiger partial charge in [0.15, 0.2) is 5.17 Å². The molecule has 2 amide bonds. The van der Waals surface area contributed by atoms with Crippen LogP contribution in [-0.2, 0) is 14.3 Å². The van der Waals surface area contributed by atoms with Gasteiger partial charge >= 0.3 is 5.97 Å². The van der Waals surface area contributed by atoms with Crippen LogP contribution in [0.2, 0.25) is 5.02 Å². The molecule has 36 heavy (non-hydrogen) atoms. The predicted molar refractivity (Wildman–Crippen MR) is 146 cm³/mol. The van der Waals surface area contributed by atoms with Gasteiger partial charge in [0.05, 0.1) is 28.6 Å². The Bertz CT molecular complexity index is 1090. The molecule has 2 aromatic rings. The number of esters is 1. The summed E-state index contributed by atoms with van der Waals surface area (Å²) in [6.07, 6.45) is 5.41. The van der Waals surface area contributed by atoms with Crippen LogP contribution in [0.15, 0.2) is 53.5 Å². The molecule has 1 fully saturated rings. The normalized spacial score (nSPS) is 16.8. The molecular formula is C27H32ClN3O4S. The zero-order valence-corrected chi connectivity index (χ0v) is 22.2. The Morgan fingerprint density at radius 3 is 2.50 bits per heavy atom. The van der Waals surface area contributed by atoms with Gasteiger partial charge in [0.25, 0.3) is 0 Å². The molecule has 1 saturated heterocycles. The van der Waals surface area contributed by atoms with Crippen LogP contribution in [0.25, 0.3) is 0 Å². The van der Waals surface area contributed by atoms with E-state index in [2.05, 4.69) is 12.2 Å². The van der Waals surface area contributed by atoms with Crippen molar-refractivity contribution in [1.29, 1.82) is 0 Å². The van der Waals surface area contributed by atoms with Gasteiger partial charge in [-0.1, -0.05) is 68.1 Å².